The third kappa shape index (κ3) is 2.58. The zero-order chi connectivity index (χ0) is 13.1. The Morgan fingerprint density at radius 2 is 2.22 bits per heavy atom. The minimum Gasteiger partial charge on any atom is -0.480 e. The van der Waals surface area contributed by atoms with Gasteiger partial charge in [0.2, 0.25) is 0 Å². The molecule has 18 heavy (non-hydrogen) atoms. The van der Waals surface area contributed by atoms with Gasteiger partial charge in [0.25, 0.3) is 0 Å². The Hall–Kier alpha value is -1.71. The van der Waals surface area contributed by atoms with E-state index in [0.717, 1.165) is 30.2 Å². The third-order valence-corrected chi connectivity index (χ3v) is 3.12. The second kappa shape index (κ2) is 5.29. The number of rotatable bonds is 3. The maximum Gasteiger partial charge on any atom is 0.153 e. The first-order chi connectivity index (χ1) is 8.61. The molecule has 0 saturated carbocycles. The molecule has 1 aromatic rings. The summed E-state index contributed by atoms with van der Waals surface area (Å²) in [6, 6.07) is 5.59. The van der Waals surface area contributed by atoms with E-state index in [2.05, 4.69) is 23.9 Å². The fourth-order valence-electron chi connectivity index (χ4n) is 2.08. The maximum atomic E-state index is 5.87. The highest BCUT2D eigenvalue weighted by Gasteiger charge is 2.23. The van der Waals surface area contributed by atoms with Crippen LogP contribution in [0.25, 0.3) is 0 Å². The van der Waals surface area contributed by atoms with Gasteiger partial charge in [-0.15, -0.1) is 0 Å². The lowest BCUT2D eigenvalue weighted by Gasteiger charge is -2.30. The van der Waals surface area contributed by atoms with Gasteiger partial charge in [-0.25, -0.2) is 4.99 Å². The van der Waals surface area contributed by atoms with Crippen LogP contribution >= 0.6 is 0 Å². The zero-order valence-electron chi connectivity index (χ0n) is 11.3. The summed E-state index contributed by atoms with van der Waals surface area (Å²) in [6.45, 7) is 5.22. The molecule has 0 aliphatic carbocycles. The summed E-state index contributed by atoms with van der Waals surface area (Å²) >= 11 is 0. The van der Waals surface area contributed by atoms with Crippen molar-refractivity contribution in [1.29, 1.82) is 0 Å². The highest BCUT2D eigenvalue weighted by Crippen LogP contribution is 2.34. The molecule has 0 radical (unpaired) electrons. The second-order valence-corrected chi connectivity index (χ2v) is 4.73. The highest BCUT2D eigenvalue weighted by molar-refractivity contribution is 5.91. The normalized spacial score (nSPS) is 17.7. The Bertz CT molecular complexity index is 456. The van der Waals surface area contributed by atoms with Gasteiger partial charge in [0.05, 0.1) is 0 Å². The van der Waals surface area contributed by atoms with E-state index in [1.165, 1.54) is 6.42 Å². The molecule has 0 aromatic heterocycles. The largest absolute Gasteiger partial charge is 0.480 e. The van der Waals surface area contributed by atoms with Gasteiger partial charge in [-0.2, -0.15) is 0 Å². The smallest absolute Gasteiger partial charge is 0.153 e. The molecule has 1 atom stereocenters. The molecular weight excluding hydrogens is 226 g/mol. The number of hydrogen-bond donors (Lipinski definition) is 1. The van der Waals surface area contributed by atoms with Gasteiger partial charge in [-0.05, 0) is 25.5 Å². The standard InChI is InChI=1S/C14H21N3O/c1-4-5-8-17(3)14-10(2)18-13-9-11(15)6-7-12(13)16-14/h6-7,9-10H,4-5,8,15H2,1-3H3. The molecule has 1 aliphatic rings. The van der Waals surface area contributed by atoms with E-state index < -0.39 is 0 Å². The quantitative estimate of drug-likeness (QED) is 0.836. The van der Waals surface area contributed by atoms with E-state index in [-0.39, 0.29) is 6.10 Å². The van der Waals surface area contributed by atoms with Crippen molar-refractivity contribution in [2.24, 2.45) is 4.99 Å². The molecule has 1 aromatic carbocycles. The maximum absolute atomic E-state index is 5.87. The van der Waals surface area contributed by atoms with E-state index in [1.54, 1.807) is 0 Å². The second-order valence-electron chi connectivity index (χ2n) is 4.73. The van der Waals surface area contributed by atoms with Gasteiger partial charge in [0.1, 0.15) is 17.3 Å². The number of hydrogen-bond acceptors (Lipinski definition) is 4. The number of benzene rings is 1. The molecule has 4 nitrogen and oxygen atoms in total. The van der Waals surface area contributed by atoms with Gasteiger partial charge < -0.3 is 15.4 Å². The summed E-state index contributed by atoms with van der Waals surface area (Å²) in [5, 5.41) is 0. The van der Waals surface area contributed by atoms with Crippen molar-refractivity contribution >= 4 is 17.2 Å². The fraction of sp³-hybridized carbons (Fsp3) is 0.500. The van der Waals surface area contributed by atoms with Gasteiger partial charge in [-0.3, -0.25) is 0 Å². The number of aliphatic imine (C=N–C) groups is 1. The molecule has 4 heteroatoms. The Kier molecular flexibility index (Phi) is 3.75. The minimum absolute atomic E-state index is 0.0267. The number of likely N-dealkylation sites (N-methyl/N-ethyl adjacent to an activating group) is 1. The predicted octanol–water partition coefficient (Wildman–Crippen LogP) is 2.81. The molecule has 1 unspecified atom stereocenters. The van der Waals surface area contributed by atoms with Crippen molar-refractivity contribution < 1.29 is 4.74 Å². The Labute approximate surface area is 108 Å². The van der Waals surface area contributed by atoms with E-state index in [1.807, 2.05) is 25.1 Å². The number of nitrogens with zero attached hydrogens (tertiary/aromatic N) is 2. The van der Waals surface area contributed by atoms with Crippen molar-refractivity contribution in [3.8, 4) is 5.75 Å². The van der Waals surface area contributed by atoms with Crippen LogP contribution in [0.2, 0.25) is 0 Å². The van der Waals surface area contributed by atoms with Gasteiger partial charge >= 0.3 is 0 Å². The topological polar surface area (TPSA) is 50.8 Å². The molecule has 0 saturated heterocycles. The Morgan fingerprint density at radius 1 is 1.44 bits per heavy atom. The summed E-state index contributed by atoms with van der Waals surface area (Å²) in [6.07, 6.45) is 2.32. The fourth-order valence-corrected chi connectivity index (χ4v) is 2.08. The average molecular weight is 247 g/mol. The van der Waals surface area contributed by atoms with Crippen LogP contribution < -0.4 is 10.5 Å². The number of nitrogen functional groups attached to an aromatic ring is 1. The number of fused-ring (bicyclic) bond motifs is 1. The average Bonchev–Trinajstić information content (AvgIpc) is 2.35. The molecule has 98 valence electrons. The molecule has 0 fully saturated rings. The summed E-state index contributed by atoms with van der Waals surface area (Å²) in [7, 11) is 2.07. The van der Waals surface area contributed by atoms with Crippen molar-refractivity contribution in [1.82, 2.24) is 4.90 Å². The van der Waals surface area contributed by atoms with Crippen LogP contribution in [0.3, 0.4) is 0 Å². The Morgan fingerprint density at radius 3 is 2.94 bits per heavy atom. The lowest BCUT2D eigenvalue weighted by molar-refractivity contribution is 0.261. The molecule has 0 amide bonds. The van der Waals surface area contributed by atoms with Crippen LogP contribution in [0.15, 0.2) is 23.2 Å². The van der Waals surface area contributed by atoms with E-state index in [9.17, 15) is 0 Å². The van der Waals surface area contributed by atoms with Crippen LogP contribution in [0.1, 0.15) is 26.7 Å². The first kappa shape index (κ1) is 12.7. The van der Waals surface area contributed by atoms with Crippen LogP contribution in [0, 0.1) is 0 Å². The SMILES string of the molecule is CCCCN(C)C1=Nc2ccc(N)cc2OC1C. The number of unbranched alkanes of at least 4 members (excludes halogenated alkanes) is 1. The first-order valence-electron chi connectivity index (χ1n) is 6.47. The Balaban J connectivity index is 2.23. The molecule has 0 spiro atoms. The lowest BCUT2D eigenvalue weighted by atomic mass is 10.2. The molecule has 2 rings (SSSR count). The monoisotopic (exact) mass is 247 g/mol. The third-order valence-electron chi connectivity index (χ3n) is 3.12. The molecule has 0 bridgehead atoms. The summed E-state index contributed by atoms with van der Waals surface area (Å²) < 4.78 is 5.87. The minimum atomic E-state index is -0.0267. The van der Waals surface area contributed by atoms with Crippen molar-refractivity contribution in [3.63, 3.8) is 0 Å². The van der Waals surface area contributed by atoms with Crippen molar-refractivity contribution in [3.05, 3.63) is 18.2 Å². The van der Waals surface area contributed by atoms with Crippen LogP contribution in [0.4, 0.5) is 11.4 Å². The van der Waals surface area contributed by atoms with Gasteiger partial charge in [-0.1, -0.05) is 13.3 Å². The highest BCUT2D eigenvalue weighted by atomic mass is 16.5. The van der Waals surface area contributed by atoms with E-state index >= 15 is 0 Å². The van der Waals surface area contributed by atoms with E-state index in [4.69, 9.17) is 10.5 Å². The summed E-state index contributed by atoms with van der Waals surface area (Å²) in [5.74, 6) is 1.76. The van der Waals surface area contributed by atoms with E-state index in [0.29, 0.717) is 5.69 Å². The van der Waals surface area contributed by atoms with Gasteiger partial charge in [0.15, 0.2) is 6.10 Å². The van der Waals surface area contributed by atoms with Crippen LogP contribution in [-0.2, 0) is 0 Å². The first-order valence-corrected chi connectivity index (χ1v) is 6.47. The van der Waals surface area contributed by atoms with Gasteiger partial charge in [0, 0.05) is 25.3 Å². The number of ether oxygens (including phenoxy) is 1. The summed E-state index contributed by atoms with van der Waals surface area (Å²) in [4.78, 5) is 6.86. The molecular formula is C14H21N3O. The zero-order valence-corrected chi connectivity index (χ0v) is 11.3. The lowest BCUT2D eigenvalue weighted by Crippen LogP contribution is -2.40. The predicted molar refractivity (Wildman–Crippen MR) is 75.6 cm³/mol. The van der Waals surface area contributed by atoms with Crippen molar-refractivity contribution in [2.75, 3.05) is 19.3 Å². The summed E-state index contributed by atoms with van der Waals surface area (Å²) in [5.41, 5.74) is 7.32. The molecule has 1 heterocycles. The van der Waals surface area contributed by atoms with Crippen LogP contribution in [-0.4, -0.2) is 30.4 Å². The number of nitrogens with two attached hydrogens (primary N) is 1. The number of amidine groups is 1. The molecule has 1 aliphatic heterocycles. The van der Waals surface area contributed by atoms with Crippen LogP contribution in [0.5, 0.6) is 5.75 Å². The number of anilines is 1. The van der Waals surface area contributed by atoms with Crippen molar-refractivity contribution in [2.45, 2.75) is 32.8 Å². The molecule has 2 N–H and O–H groups in total.